The second-order valence-corrected chi connectivity index (χ2v) is 9.70. The van der Waals surface area contributed by atoms with Crippen molar-refractivity contribution in [2.75, 3.05) is 36.0 Å². The predicted molar refractivity (Wildman–Crippen MR) is 144 cm³/mol. The number of hydrogen-bond acceptors (Lipinski definition) is 4. The van der Waals surface area contributed by atoms with Gasteiger partial charge in [0.1, 0.15) is 24.0 Å². The van der Waals surface area contributed by atoms with E-state index >= 15 is 0 Å². The van der Waals surface area contributed by atoms with E-state index in [0.29, 0.717) is 28.3 Å². The lowest BCUT2D eigenvalue weighted by Gasteiger charge is -2.33. The van der Waals surface area contributed by atoms with E-state index in [1.807, 2.05) is 30.3 Å². The van der Waals surface area contributed by atoms with Gasteiger partial charge >= 0.3 is 11.9 Å². The molecule has 0 N–H and O–H groups in total. The van der Waals surface area contributed by atoms with Crippen LogP contribution < -0.4 is 14.5 Å². The van der Waals surface area contributed by atoms with E-state index in [1.54, 1.807) is 37.3 Å². The van der Waals surface area contributed by atoms with Crippen LogP contribution in [0.15, 0.2) is 60.7 Å². The molecule has 6 nitrogen and oxygen atoms in total. The Morgan fingerprint density at radius 2 is 1.38 bits per heavy atom. The summed E-state index contributed by atoms with van der Waals surface area (Å²) in [4.78, 5) is 20.1. The van der Waals surface area contributed by atoms with Crippen molar-refractivity contribution in [1.29, 1.82) is 0 Å². The van der Waals surface area contributed by atoms with Crippen molar-refractivity contribution in [3.8, 4) is 11.5 Å². The number of rotatable bonds is 7. The summed E-state index contributed by atoms with van der Waals surface area (Å²) in [5.74, 6) is -0.424. The maximum absolute atomic E-state index is 13.3. The molecule has 3 aromatic carbocycles. The number of benzene rings is 3. The molecule has 2 aliphatic rings. The molecule has 0 radical (unpaired) electrons. The van der Waals surface area contributed by atoms with Crippen LogP contribution in [0.4, 0.5) is 24.5 Å². The number of Topliss-reactive ketones (excluding diaryl/α,β-unsaturated/α-hetero) is 1. The van der Waals surface area contributed by atoms with Gasteiger partial charge in [-0.2, -0.15) is 18.0 Å². The molecule has 1 heterocycles. The average Bonchev–Trinajstić information content (AvgIpc) is 3.21. The third-order valence-corrected chi connectivity index (χ3v) is 7.64. The molecule has 9 heteroatoms. The van der Waals surface area contributed by atoms with E-state index < -0.39 is 24.6 Å². The highest BCUT2D eigenvalue weighted by atomic mass is 19.4. The smallest absolute Gasteiger partial charge is 0.405 e. The minimum atomic E-state index is -4.36. The number of fused-ring (bicyclic) bond motifs is 3. The zero-order valence-electron chi connectivity index (χ0n) is 22.0. The van der Waals surface area contributed by atoms with Crippen LogP contribution in [-0.4, -0.2) is 48.6 Å². The molecular formula is C30H29F3N4O2. The number of halogens is 3. The molecule has 0 saturated carbocycles. The number of alkyl halides is 3. The quantitative estimate of drug-likeness (QED) is 0.247. The molecule has 2 atom stereocenters. The number of carbonyl (C=O) groups is 1. The molecule has 0 amide bonds. The highest BCUT2D eigenvalue weighted by Gasteiger charge is 2.50. The molecule has 3 aromatic rings. The molecule has 0 saturated heterocycles. The number of nitrogens with zero attached hydrogens (tertiary/aromatic N) is 4. The van der Waals surface area contributed by atoms with Crippen molar-refractivity contribution in [3.63, 3.8) is 0 Å². The van der Waals surface area contributed by atoms with E-state index in [2.05, 4.69) is 23.5 Å². The Hall–Kier alpha value is -4.10. The Morgan fingerprint density at radius 3 is 1.92 bits per heavy atom. The summed E-state index contributed by atoms with van der Waals surface area (Å²) in [6.45, 7) is 6.43. The Balaban J connectivity index is 1.70. The zero-order chi connectivity index (χ0) is 27.9. The first kappa shape index (κ1) is 26.5. The lowest BCUT2D eigenvalue weighted by atomic mass is 9.75. The molecule has 0 bridgehead atoms. The summed E-state index contributed by atoms with van der Waals surface area (Å²) >= 11 is 0. The monoisotopic (exact) mass is 534 g/mol. The zero-order valence-corrected chi connectivity index (χ0v) is 22.0. The highest BCUT2D eigenvalue weighted by Crippen LogP contribution is 2.54. The normalized spacial score (nSPS) is 17.6. The number of ketones is 1. The summed E-state index contributed by atoms with van der Waals surface area (Å²) in [7, 11) is 0. The number of ether oxygens (including phenoxy) is 1. The number of carbonyl (C=O) groups excluding carboxylic acids is 1. The molecule has 1 aliphatic heterocycles. The van der Waals surface area contributed by atoms with Gasteiger partial charge in [0, 0.05) is 65.8 Å². The van der Waals surface area contributed by atoms with E-state index in [0.717, 1.165) is 29.9 Å². The third kappa shape index (κ3) is 4.68. The van der Waals surface area contributed by atoms with Crippen LogP contribution in [0.5, 0.6) is 11.5 Å². The Morgan fingerprint density at radius 1 is 0.821 bits per heavy atom. The van der Waals surface area contributed by atoms with Gasteiger partial charge in [-0.25, -0.2) is 0 Å². The molecule has 5 rings (SSSR count). The molecule has 0 aromatic heterocycles. The molecule has 2 unspecified atom stereocenters. The van der Waals surface area contributed by atoms with Crippen molar-refractivity contribution in [1.82, 2.24) is 0 Å². The van der Waals surface area contributed by atoms with Gasteiger partial charge in [-0.15, -0.1) is 0 Å². The first-order valence-corrected chi connectivity index (χ1v) is 13.1. The summed E-state index contributed by atoms with van der Waals surface area (Å²) < 4.78 is 46.2. The van der Waals surface area contributed by atoms with E-state index in [9.17, 15) is 23.5 Å². The first-order valence-electron chi connectivity index (χ1n) is 13.1. The van der Waals surface area contributed by atoms with Crippen molar-refractivity contribution in [2.45, 2.75) is 38.8 Å². The van der Waals surface area contributed by atoms with E-state index in [1.165, 1.54) is 4.90 Å². The third-order valence-electron chi connectivity index (χ3n) is 7.64. The topological polar surface area (TPSA) is 69.2 Å². The standard InChI is InChI=1S/C30H29F3N4O2/c1-4-36(5-2)18-11-13-22-24(15-18)39-25-16-19(37(6-3)17-30(31,32)33)12-14-23(25)26(22)27-20-9-7-8-10-21(20)29(38)28(27)35-34/h7-16,26-27H,4-6,17H2,1-3H3. The minimum absolute atomic E-state index is 0.0316. The van der Waals surface area contributed by atoms with Gasteiger partial charge in [-0.05, 0) is 38.5 Å². The van der Waals surface area contributed by atoms with Crippen molar-refractivity contribution >= 4 is 22.9 Å². The molecule has 0 fully saturated rings. The Bertz CT molecular complexity index is 1480. The van der Waals surface area contributed by atoms with E-state index in [4.69, 9.17) is 4.74 Å². The van der Waals surface area contributed by atoms with Crippen LogP contribution in [0.2, 0.25) is 0 Å². The van der Waals surface area contributed by atoms with Crippen molar-refractivity contribution < 1.29 is 27.5 Å². The van der Waals surface area contributed by atoms with Gasteiger partial charge < -0.3 is 20.1 Å². The molecule has 0 spiro atoms. The van der Waals surface area contributed by atoms with Crippen LogP contribution in [-0.2, 0) is 0 Å². The van der Waals surface area contributed by atoms with Crippen molar-refractivity contribution in [2.24, 2.45) is 0 Å². The predicted octanol–water partition coefficient (Wildman–Crippen LogP) is 6.81. The number of hydrogen-bond donors (Lipinski definition) is 0. The van der Waals surface area contributed by atoms with Crippen LogP contribution in [0.1, 0.15) is 59.7 Å². The summed E-state index contributed by atoms with van der Waals surface area (Å²) in [6, 6.07) is 18.1. The lowest BCUT2D eigenvalue weighted by Crippen LogP contribution is -2.34. The van der Waals surface area contributed by atoms with Gasteiger partial charge in [-0.1, -0.05) is 36.4 Å². The van der Waals surface area contributed by atoms with Gasteiger partial charge in [0.25, 0.3) is 5.78 Å². The molecular weight excluding hydrogens is 505 g/mol. The van der Waals surface area contributed by atoms with Gasteiger partial charge in [-0.3, -0.25) is 4.79 Å². The largest absolute Gasteiger partial charge is 0.457 e. The average molecular weight is 535 g/mol. The maximum atomic E-state index is 13.3. The molecule has 1 aliphatic carbocycles. The minimum Gasteiger partial charge on any atom is -0.457 e. The fourth-order valence-electron chi connectivity index (χ4n) is 5.81. The number of anilines is 2. The van der Waals surface area contributed by atoms with Gasteiger partial charge in [0.05, 0.1) is 0 Å². The second kappa shape index (κ2) is 10.2. The van der Waals surface area contributed by atoms with Crippen LogP contribution in [0.25, 0.3) is 5.53 Å². The highest BCUT2D eigenvalue weighted by molar-refractivity contribution is 6.49. The van der Waals surface area contributed by atoms with Crippen LogP contribution in [0, 0.1) is 0 Å². The molecule has 39 heavy (non-hydrogen) atoms. The Kier molecular flexibility index (Phi) is 6.95. The van der Waals surface area contributed by atoms with Crippen LogP contribution in [0.3, 0.4) is 0 Å². The molecule has 202 valence electrons. The maximum Gasteiger partial charge on any atom is 0.405 e. The summed E-state index contributed by atoms with van der Waals surface area (Å²) in [6.07, 6.45) is -4.36. The Labute approximate surface area is 225 Å². The lowest BCUT2D eigenvalue weighted by molar-refractivity contribution is -0.119. The fourth-order valence-corrected chi connectivity index (χ4v) is 5.81. The summed E-state index contributed by atoms with van der Waals surface area (Å²) in [5, 5.41) is 0. The first-order chi connectivity index (χ1) is 18.7. The SMILES string of the molecule is CCN(CC)c1ccc2c(c1)Oc1cc(N(CC)CC(F)(F)F)ccc1C2C1C(=[N+]=[N-])C(=O)c2ccccc21. The van der Waals surface area contributed by atoms with Crippen molar-refractivity contribution in [3.05, 3.63) is 88.4 Å². The summed E-state index contributed by atoms with van der Waals surface area (Å²) in [5.41, 5.74) is 14.1. The fraction of sp³-hybridized carbons (Fsp3) is 0.333. The van der Waals surface area contributed by atoms with E-state index in [-0.39, 0.29) is 18.0 Å². The van der Waals surface area contributed by atoms with Gasteiger partial charge in [0.2, 0.25) is 0 Å². The van der Waals surface area contributed by atoms with Crippen LogP contribution >= 0.6 is 0 Å². The van der Waals surface area contributed by atoms with Gasteiger partial charge in [0.15, 0.2) is 0 Å². The second-order valence-electron chi connectivity index (χ2n) is 9.70.